The fourth-order valence-corrected chi connectivity index (χ4v) is 2.59. The molecule has 1 aromatic carbocycles. The predicted molar refractivity (Wildman–Crippen MR) is 122 cm³/mol. The van der Waals surface area contributed by atoms with Gasteiger partial charge in [0.2, 0.25) is 0 Å². The summed E-state index contributed by atoms with van der Waals surface area (Å²) in [5.41, 5.74) is 4.08. The van der Waals surface area contributed by atoms with E-state index in [1.807, 2.05) is 43.7 Å². The van der Waals surface area contributed by atoms with E-state index in [1.165, 1.54) is 0 Å². The van der Waals surface area contributed by atoms with Gasteiger partial charge < -0.3 is 15.4 Å². The molecule has 7 heteroatoms. The number of nitrogens with zero attached hydrogens (tertiary/aromatic N) is 3. The second-order valence-corrected chi connectivity index (χ2v) is 6.91. The minimum absolute atomic E-state index is 0. The number of benzene rings is 1. The molecule has 0 bridgehead atoms. The highest BCUT2D eigenvalue weighted by molar-refractivity contribution is 14.0. The van der Waals surface area contributed by atoms with Crippen LogP contribution in [0.4, 0.5) is 0 Å². The Balaban J connectivity index is 0.00000364. The van der Waals surface area contributed by atoms with Crippen molar-refractivity contribution in [3.05, 3.63) is 47.3 Å². The Hall–Kier alpha value is -1.61. The van der Waals surface area contributed by atoms with Crippen molar-refractivity contribution in [2.45, 2.75) is 46.8 Å². The minimum atomic E-state index is -0.250. The molecule has 0 amide bonds. The van der Waals surface area contributed by atoms with Crippen LogP contribution in [0.1, 0.15) is 37.7 Å². The SMILES string of the molecule is CCNC(=NCc1c(C)nn(-c2ccccc2)c1C)NCC(C)(C)OC.I. The lowest BCUT2D eigenvalue weighted by Gasteiger charge is -2.24. The summed E-state index contributed by atoms with van der Waals surface area (Å²) in [6.07, 6.45) is 0. The Labute approximate surface area is 179 Å². The lowest BCUT2D eigenvalue weighted by atomic mass is 10.1. The second-order valence-electron chi connectivity index (χ2n) is 6.91. The van der Waals surface area contributed by atoms with Crippen LogP contribution in [0.2, 0.25) is 0 Å². The zero-order valence-corrected chi connectivity index (χ0v) is 19.5. The second kappa shape index (κ2) is 10.7. The molecule has 6 nitrogen and oxygen atoms in total. The van der Waals surface area contributed by atoms with Crippen molar-refractivity contribution in [1.82, 2.24) is 20.4 Å². The van der Waals surface area contributed by atoms with Gasteiger partial charge >= 0.3 is 0 Å². The first-order valence-electron chi connectivity index (χ1n) is 9.06. The summed E-state index contributed by atoms with van der Waals surface area (Å²) in [5, 5.41) is 11.3. The van der Waals surface area contributed by atoms with Crippen molar-refractivity contribution in [1.29, 1.82) is 0 Å². The van der Waals surface area contributed by atoms with E-state index in [1.54, 1.807) is 7.11 Å². The van der Waals surface area contributed by atoms with Crippen molar-refractivity contribution < 1.29 is 4.74 Å². The first-order chi connectivity index (χ1) is 12.4. The molecule has 0 aliphatic rings. The molecule has 0 atom stereocenters. The number of guanidine groups is 1. The highest BCUT2D eigenvalue weighted by Crippen LogP contribution is 2.18. The van der Waals surface area contributed by atoms with Gasteiger partial charge in [-0.05, 0) is 46.8 Å². The zero-order chi connectivity index (χ0) is 19.2. The predicted octanol–water partition coefficient (Wildman–Crippen LogP) is 3.59. The highest BCUT2D eigenvalue weighted by atomic mass is 127. The number of methoxy groups -OCH3 is 1. The maximum Gasteiger partial charge on any atom is 0.191 e. The molecule has 0 fully saturated rings. The third kappa shape index (κ3) is 6.49. The largest absolute Gasteiger partial charge is 0.377 e. The summed E-state index contributed by atoms with van der Waals surface area (Å²) in [6, 6.07) is 10.2. The van der Waals surface area contributed by atoms with E-state index in [9.17, 15) is 0 Å². The quantitative estimate of drug-likeness (QED) is 0.358. The third-order valence-corrected chi connectivity index (χ3v) is 4.42. The van der Waals surface area contributed by atoms with Crippen LogP contribution in [0.5, 0.6) is 0 Å². The van der Waals surface area contributed by atoms with E-state index in [0.29, 0.717) is 13.1 Å². The number of aromatic nitrogens is 2. The van der Waals surface area contributed by atoms with E-state index in [-0.39, 0.29) is 29.6 Å². The van der Waals surface area contributed by atoms with Gasteiger partial charge in [0.25, 0.3) is 0 Å². The van der Waals surface area contributed by atoms with Crippen molar-refractivity contribution in [2.24, 2.45) is 4.99 Å². The average molecular weight is 485 g/mol. The minimum Gasteiger partial charge on any atom is -0.377 e. The summed E-state index contributed by atoms with van der Waals surface area (Å²) in [6.45, 7) is 12.3. The molecule has 2 rings (SSSR count). The molecule has 0 saturated heterocycles. The maximum absolute atomic E-state index is 5.46. The van der Waals surface area contributed by atoms with E-state index in [2.05, 4.69) is 41.7 Å². The smallest absolute Gasteiger partial charge is 0.191 e. The van der Waals surface area contributed by atoms with Crippen LogP contribution in [0, 0.1) is 13.8 Å². The fraction of sp³-hybridized carbons (Fsp3) is 0.500. The van der Waals surface area contributed by atoms with Gasteiger partial charge in [-0.25, -0.2) is 9.67 Å². The number of halogens is 1. The van der Waals surface area contributed by atoms with Gasteiger partial charge in [-0.3, -0.25) is 0 Å². The number of nitrogens with one attached hydrogen (secondary N) is 2. The van der Waals surface area contributed by atoms with Crippen LogP contribution in [-0.4, -0.2) is 41.5 Å². The third-order valence-electron chi connectivity index (χ3n) is 4.42. The molecule has 0 unspecified atom stereocenters. The standard InChI is InChI=1S/C20H31N5O.HI/c1-7-21-19(23-14-20(4,5)26-6)22-13-18-15(2)24-25(16(18)3)17-11-9-8-10-12-17;/h8-12H,7,13-14H2,1-6H3,(H2,21,22,23);1H. The Bertz CT molecular complexity index is 740. The normalized spacial score (nSPS) is 11.9. The summed E-state index contributed by atoms with van der Waals surface area (Å²) in [5.74, 6) is 0.781. The molecule has 0 radical (unpaired) electrons. The van der Waals surface area contributed by atoms with Crippen LogP contribution < -0.4 is 10.6 Å². The molecule has 0 saturated carbocycles. The molecule has 1 heterocycles. The Morgan fingerprint density at radius 2 is 1.85 bits per heavy atom. The van der Waals surface area contributed by atoms with Gasteiger partial charge in [0.05, 0.1) is 23.5 Å². The molecule has 0 aliphatic carbocycles. The van der Waals surface area contributed by atoms with Crippen LogP contribution in [0.25, 0.3) is 5.69 Å². The molecule has 0 spiro atoms. The Morgan fingerprint density at radius 3 is 2.44 bits per heavy atom. The zero-order valence-electron chi connectivity index (χ0n) is 17.2. The lowest BCUT2D eigenvalue weighted by Crippen LogP contribution is -2.45. The highest BCUT2D eigenvalue weighted by Gasteiger charge is 2.17. The van der Waals surface area contributed by atoms with Crippen LogP contribution in [-0.2, 0) is 11.3 Å². The molecule has 150 valence electrons. The van der Waals surface area contributed by atoms with Gasteiger partial charge in [-0.15, -0.1) is 24.0 Å². The summed E-state index contributed by atoms with van der Waals surface area (Å²) < 4.78 is 7.44. The van der Waals surface area contributed by atoms with Crippen LogP contribution >= 0.6 is 24.0 Å². The molecular formula is C20H32IN5O. The maximum atomic E-state index is 5.46. The summed E-state index contributed by atoms with van der Waals surface area (Å²) in [7, 11) is 1.72. The number of hydrogen-bond donors (Lipinski definition) is 2. The van der Waals surface area contributed by atoms with Gasteiger partial charge in [-0.2, -0.15) is 5.10 Å². The van der Waals surface area contributed by atoms with Gasteiger partial charge in [0, 0.05) is 31.5 Å². The number of aryl methyl sites for hydroxylation is 1. The van der Waals surface area contributed by atoms with E-state index in [0.717, 1.165) is 35.1 Å². The van der Waals surface area contributed by atoms with E-state index in [4.69, 9.17) is 9.73 Å². The molecule has 1 aromatic heterocycles. The number of para-hydroxylation sites is 1. The molecular weight excluding hydrogens is 453 g/mol. The van der Waals surface area contributed by atoms with Gasteiger partial charge in [-0.1, -0.05) is 18.2 Å². The Kier molecular flexibility index (Phi) is 9.25. The number of hydrogen-bond acceptors (Lipinski definition) is 3. The number of rotatable bonds is 7. The molecule has 2 N–H and O–H groups in total. The molecule has 27 heavy (non-hydrogen) atoms. The number of ether oxygens (including phenoxy) is 1. The van der Waals surface area contributed by atoms with Crippen molar-refractivity contribution in [3.63, 3.8) is 0 Å². The van der Waals surface area contributed by atoms with Crippen molar-refractivity contribution >= 4 is 29.9 Å². The topological polar surface area (TPSA) is 63.5 Å². The molecule has 2 aromatic rings. The Morgan fingerprint density at radius 1 is 1.19 bits per heavy atom. The lowest BCUT2D eigenvalue weighted by molar-refractivity contribution is 0.0268. The van der Waals surface area contributed by atoms with Crippen molar-refractivity contribution in [2.75, 3.05) is 20.2 Å². The summed E-state index contributed by atoms with van der Waals surface area (Å²) >= 11 is 0. The van der Waals surface area contributed by atoms with Gasteiger partial charge in [0.1, 0.15) is 0 Å². The average Bonchev–Trinajstić information content (AvgIpc) is 2.92. The van der Waals surface area contributed by atoms with E-state index >= 15 is 0 Å². The first kappa shape index (κ1) is 23.4. The van der Waals surface area contributed by atoms with E-state index < -0.39 is 0 Å². The fourth-order valence-electron chi connectivity index (χ4n) is 2.59. The van der Waals surface area contributed by atoms with Crippen LogP contribution in [0.3, 0.4) is 0 Å². The van der Waals surface area contributed by atoms with Crippen LogP contribution in [0.15, 0.2) is 35.3 Å². The van der Waals surface area contributed by atoms with Gasteiger partial charge in [0.15, 0.2) is 5.96 Å². The molecule has 0 aliphatic heterocycles. The first-order valence-corrected chi connectivity index (χ1v) is 9.06. The summed E-state index contributed by atoms with van der Waals surface area (Å²) in [4.78, 5) is 4.74. The van der Waals surface area contributed by atoms with Crippen molar-refractivity contribution in [3.8, 4) is 5.69 Å². The monoisotopic (exact) mass is 485 g/mol. The number of aliphatic imine (C=N–C) groups is 1.